The first-order valence-electron chi connectivity index (χ1n) is 6.03. The van der Waals surface area contributed by atoms with Crippen LogP contribution in [0.25, 0.3) is 0 Å². The maximum atomic E-state index is 12.4. The lowest BCUT2D eigenvalue weighted by Crippen LogP contribution is -2.57. The number of aromatic nitrogens is 1. The number of aliphatic hydroxyl groups is 1. The molecule has 2 unspecified atom stereocenters. The molecule has 7 heteroatoms. The number of amides is 1. The van der Waals surface area contributed by atoms with Crippen LogP contribution < -0.4 is 15.2 Å². The van der Waals surface area contributed by atoms with Gasteiger partial charge in [0.25, 0.3) is 5.91 Å². The lowest BCUT2D eigenvalue weighted by Gasteiger charge is -2.41. The Labute approximate surface area is 109 Å². The van der Waals surface area contributed by atoms with Crippen molar-refractivity contribution < 1.29 is 14.6 Å². The summed E-state index contributed by atoms with van der Waals surface area (Å²) in [4.78, 5) is 25.9. The van der Waals surface area contributed by atoms with Crippen molar-refractivity contribution >= 4 is 5.91 Å². The van der Waals surface area contributed by atoms with E-state index in [9.17, 15) is 14.7 Å². The molecule has 0 spiro atoms. The number of carbonyl (C=O) groups excluding carboxylic acids is 1. The Morgan fingerprint density at radius 1 is 1.42 bits per heavy atom. The lowest BCUT2D eigenvalue weighted by molar-refractivity contribution is 0.0655. The average Bonchev–Trinajstić information content (AvgIpc) is 2.70. The van der Waals surface area contributed by atoms with E-state index in [2.05, 4.69) is 0 Å². The number of ether oxygens (including phenoxy) is 1. The molecule has 2 atom stereocenters. The fourth-order valence-electron chi connectivity index (χ4n) is 2.71. The highest BCUT2D eigenvalue weighted by Gasteiger charge is 2.42. The van der Waals surface area contributed by atoms with Crippen LogP contribution in [-0.4, -0.2) is 47.5 Å². The fraction of sp³-hybridized carbons (Fsp3) is 0.500. The van der Waals surface area contributed by atoms with Gasteiger partial charge in [-0.05, 0) is 6.92 Å². The highest BCUT2D eigenvalue weighted by Crippen LogP contribution is 2.32. The van der Waals surface area contributed by atoms with Crippen LogP contribution in [0.4, 0.5) is 0 Å². The van der Waals surface area contributed by atoms with Crippen molar-refractivity contribution in [3.05, 3.63) is 27.7 Å². The third kappa shape index (κ3) is 1.36. The van der Waals surface area contributed by atoms with Crippen LogP contribution in [-0.2, 0) is 0 Å². The SMILES string of the molecule is COc1c2n3c(cc1=O)C(O)CN3C(C)N(C)C2=O. The summed E-state index contributed by atoms with van der Waals surface area (Å²) in [7, 11) is 3.03. The second kappa shape index (κ2) is 3.74. The van der Waals surface area contributed by atoms with Gasteiger partial charge in [-0.15, -0.1) is 0 Å². The minimum Gasteiger partial charge on any atom is -0.491 e. The van der Waals surface area contributed by atoms with Crippen LogP contribution >= 0.6 is 0 Å². The summed E-state index contributed by atoms with van der Waals surface area (Å²) in [5.41, 5.74) is 0.234. The van der Waals surface area contributed by atoms with E-state index in [1.807, 2.05) is 11.9 Å². The molecule has 1 aromatic heterocycles. The Morgan fingerprint density at radius 3 is 2.74 bits per heavy atom. The first kappa shape index (κ1) is 12.0. The zero-order valence-corrected chi connectivity index (χ0v) is 11.0. The second-order valence-electron chi connectivity index (χ2n) is 4.81. The van der Waals surface area contributed by atoms with Gasteiger partial charge in [0.15, 0.2) is 11.4 Å². The fourth-order valence-corrected chi connectivity index (χ4v) is 2.71. The molecule has 0 bridgehead atoms. The van der Waals surface area contributed by atoms with Crippen molar-refractivity contribution in [1.82, 2.24) is 9.58 Å². The Hall–Kier alpha value is -2.02. The summed E-state index contributed by atoms with van der Waals surface area (Å²) in [5, 5.41) is 11.9. The standard InChI is InChI=1S/C12H15N3O4/c1-6-13(2)12(18)10-11(19-3)8(16)4-7-9(17)5-14(6)15(7)10/h4,6,9,17H,5H2,1-3H3. The topological polar surface area (TPSA) is 75.0 Å². The van der Waals surface area contributed by atoms with E-state index < -0.39 is 6.10 Å². The number of hydrogen-bond donors (Lipinski definition) is 1. The Kier molecular flexibility index (Phi) is 2.37. The van der Waals surface area contributed by atoms with Gasteiger partial charge in [0.05, 0.1) is 19.3 Å². The van der Waals surface area contributed by atoms with E-state index in [1.54, 1.807) is 11.7 Å². The van der Waals surface area contributed by atoms with Gasteiger partial charge < -0.3 is 14.7 Å². The molecule has 7 nitrogen and oxygen atoms in total. The number of aliphatic hydroxyl groups excluding tert-OH is 1. The Morgan fingerprint density at radius 2 is 2.11 bits per heavy atom. The predicted octanol–water partition coefficient (Wildman–Crippen LogP) is -0.727. The Balaban J connectivity index is 2.38. The summed E-state index contributed by atoms with van der Waals surface area (Å²) < 4.78 is 6.68. The van der Waals surface area contributed by atoms with Gasteiger partial charge in [0.2, 0.25) is 5.43 Å². The summed E-state index contributed by atoms with van der Waals surface area (Å²) in [6.45, 7) is 2.21. The maximum absolute atomic E-state index is 12.4. The normalized spacial score (nSPS) is 24.7. The van der Waals surface area contributed by atoms with Crippen LogP contribution in [0.5, 0.6) is 5.75 Å². The molecule has 1 amide bonds. The third-order valence-corrected chi connectivity index (χ3v) is 3.85. The second-order valence-corrected chi connectivity index (χ2v) is 4.81. The van der Waals surface area contributed by atoms with Crippen LogP contribution in [0.3, 0.4) is 0 Å². The first-order valence-corrected chi connectivity index (χ1v) is 6.03. The summed E-state index contributed by atoms with van der Waals surface area (Å²) in [6.07, 6.45) is -0.970. The molecule has 1 N–H and O–H groups in total. The molecule has 1 aromatic rings. The number of carbonyl (C=O) groups is 1. The average molecular weight is 265 g/mol. The van der Waals surface area contributed by atoms with Gasteiger partial charge in [0, 0.05) is 13.1 Å². The number of pyridine rings is 1. The van der Waals surface area contributed by atoms with Gasteiger partial charge in [-0.2, -0.15) is 0 Å². The molecular formula is C12H15N3O4. The van der Waals surface area contributed by atoms with Gasteiger partial charge >= 0.3 is 0 Å². The third-order valence-electron chi connectivity index (χ3n) is 3.85. The van der Waals surface area contributed by atoms with Crippen molar-refractivity contribution in [1.29, 1.82) is 0 Å². The summed E-state index contributed by atoms with van der Waals surface area (Å²) >= 11 is 0. The van der Waals surface area contributed by atoms with Gasteiger partial charge in [0.1, 0.15) is 12.3 Å². The van der Waals surface area contributed by atoms with E-state index in [0.717, 1.165) is 0 Å². The summed E-state index contributed by atoms with van der Waals surface area (Å²) in [5.74, 6) is -0.264. The highest BCUT2D eigenvalue weighted by atomic mass is 16.5. The monoisotopic (exact) mass is 265 g/mol. The van der Waals surface area contributed by atoms with Gasteiger partial charge in [-0.25, -0.2) is 4.68 Å². The van der Waals surface area contributed by atoms with Crippen molar-refractivity contribution in [2.24, 2.45) is 0 Å². The molecular weight excluding hydrogens is 250 g/mol. The van der Waals surface area contributed by atoms with Crippen molar-refractivity contribution in [3.8, 4) is 5.75 Å². The minimum absolute atomic E-state index is 0.0200. The van der Waals surface area contributed by atoms with Gasteiger partial charge in [-0.1, -0.05) is 0 Å². The van der Waals surface area contributed by atoms with Crippen molar-refractivity contribution in [2.75, 3.05) is 25.7 Å². The van der Waals surface area contributed by atoms with Crippen LogP contribution in [0.2, 0.25) is 0 Å². The maximum Gasteiger partial charge on any atom is 0.277 e. The molecule has 0 saturated heterocycles. The summed E-state index contributed by atoms with van der Waals surface area (Å²) in [6, 6.07) is 1.33. The quantitative estimate of drug-likeness (QED) is 0.725. The molecule has 2 aliphatic rings. The first-order chi connectivity index (χ1) is 8.97. The molecule has 19 heavy (non-hydrogen) atoms. The smallest absolute Gasteiger partial charge is 0.277 e. The molecule has 0 aromatic carbocycles. The molecule has 102 valence electrons. The van der Waals surface area contributed by atoms with Crippen LogP contribution in [0.15, 0.2) is 10.9 Å². The Bertz CT molecular complexity index is 624. The molecule has 0 fully saturated rings. The predicted molar refractivity (Wildman–Crippen MR) is 66.9 cm³/mol. The largest absolute Gasteiger partial charge is 0.491 e. The van der Waals surface area contributed by atoms with Crippen molar-refractivity contribution in [2.45, 2.75) is 19.2 Å². The molecule has 0 saturated carbocycles. The van der Waals surface area contributed by atoms with Gasteiger partial charge in [-0.3, -0.25) is 14.6 Å². The zero-order chi connectivity index (χ0) is 13.9. The molecule has 2 aliphatic heterocycles. The molecule has 3 rings (SSSR count). The highest BCUT2D eigenvalue weighted by molar-refractivity contribution is 5.96. The van der Waals surface area contributed by atoms with E-state index in [-0.39, 0.29) is 28.9 Å². The minimum atomic E-state index is -0.779. The zero-order valence-electron chi connectivity index (χ0n) is 11.0. The van der Waals surface area contributed by atoms with Crippen molar-refractivity contribution in [3.63, 3.8) is 0 Å². The van der Waals surface area contributed by atoms with E-state index in [0.29, 0.717) is 12.2 Å². The lowest BCUT2D eigenvalue weighted by atomic mass is 10.2. The number of methoxy groups -OCH3 is 1. The molecule has 3 heterocycles. The van der Waals surface area contributed by atoms with Crippen LogP contribution in [0.1, 0.15) is 29.2 Å². The van der Waals surface area contributed by atoms with E-state index in [1.165, 1.54) is 18.1 Å². The van der Waals surface area contributed by atoms with E-state index in [4.69, 9.17) is 4.74 Å². The number of hydrogen-bond acceptors (Lipinski definition) is 5. The molecule has 0 aliphatic carbocycles. The van der Waals surface area contributed by atoms with E-state index >= 15 is 0 Å². The number of nitrogens with zero attached hydrogens (tertiary/aromatic N) is 3. The van der Waals surface area contributed by atoms with Crippen LogP contribution in [0, 0.1) is 0 Å². The molecule has 0 radical (unpaired) electrons. The number of rotatable bonds is 1.